The van der Waals surface area contributed by atoms with Gasteiger partial charge in [-0.2, -0.15) is 0 Å². The van der Waals surface area contributed by atoms with Gasteiger partial charge in [0.2, 0.25) is 0 Å². The predicted octanol–water partition coefficient (Wildman–Crippen LogP) is 2.75. The van der Waals surface area contributed by atoms with Crippen LogP contribution in [0, 0.1) is 0 Å². The molecule has 1 aromatic carbocycles. The summed E-state index contributed by atoms with van der Waals surface area (Å²) < 4.78 is 17.4. The molecule has 0 atom stereocenters. The molecule has 108 valence electrons. The van der Waals surface area contributed by atoms with Crippen LogP contribution < -0.4 is 5.46 Å². The first-order valence-corrected chi connectivity index (χ1v) is 7.40. The molecule has 2 heterocycles. The second-order valence-corrected chi connectivity index (χ2v) is 7.08. The fourth-order valence-electron chi connectivity index (χ4n) is 2.41. The quantitative estimate of drug-likeness (QED) is 0.785. The van der Waals surface area contributed by atoms with E-state index in [-0.39, 0.29) is 18.3 Å². The predicted molar refractivity (Wildman–Crippen MR) is 80.7 cm³/mol. The largest absolute Gasteiger partial charge is 0.494 e. The summed E-state index contributed by atoms with van der Waals surface area (Å²) in [5.74, 6) is 0.440. The first-order chi connectivity index (χ1) is 9.28. The summed E-state index contributed by atoms with van der Waals surface area (Å²) in [6.45, 7) is 9.75. The van der Waals surface area contributed by atoms with Gasteiger partial charge in [0.05, 0.1) is 24.4 Å². The fourth-order valence-corrected chi connectivity index (χ4v) is 2.67. The normalized spacial score (nSPS) is 24.8. The van der Waals surface area contributed by atoms with E-state index in [1.54, 1.807) is 0 Å². The summed E-state index contributed by atoms with van der Waals surface area (Å²) in [6, 6.07) is 6.05. The van der Waals surface area contributed by atoms with Crippen LogP contribution in [0.5, 0.6) is 0 Å². The van der Waals surface area contributed by atoms with Crippen molar-refractivity contribution in [1.82, 2.24) is 0 Å². The van der Waals surface area contributed by atoms with Gasteiger partial charge in [-0.15, -0.1) is 0 Å². The van der Waals surface area contributed by atoms with Crippen molar-refractivity contribution in [3.8, 4) is 0 Å². The Morgan fingerprint density at radius 3 is 2.15 bits per heavy atom. The molecule has 3 rings (SSSR count). The van der Waals surface area contributed by atoms with Gasteiger partial charge in [0.15, 0.2) is 0 Å². The topological polar surface area (TPSA) is 27.7 Å². The third-order valence-electron chi connectivity index (χ3n) is 4.58. The van der Waals surface area contributed by atoms with E-state index in [1.807, 2.05) is 12.1 Å². The van der Waals surface area contributed by atoms with Crippen LogP contribution in [0.2, 0.25) is 5.02 Å². The lowest BCUT2D eigenvalue weighted by Crippen LogP contribution is -2.41. The summed E-state index contributed by atoms with van der Waals surface area (Å²) in [5.41, 5.74) is 1.52. The highest BCUT2D eigenvalue weighted by Gasteiger charge is 2.51. The zero-order chi connectivity index (χ0) is 14.5. The number of hydrogen-bond donors (Lipinski definition) is 0. The lowest BCUT2D eigenvalue weighted by atomic mass is 9.77. The Morgan fingerprint density at radius 2 is 1.65 bits per heavy atom. The van der Waals surface area contributed by atoms with E-state index in [2.05, 4.69) is 33.8 Å². The minimum Gasteiger partial charge on any atom is -0.399 e. The molecule has 0 amide bonds. The summed E-state index contributed by atoms with van der Waals surface area (Å²) >= 11 is 6.24. The van der Waals surface area contributed by atoms with Crippen molar-refractivity contribution in [3.05, 3.63) is 28.8 Å². The second kappa shape index (κ2) is 4.74. The molecule has 0 aliphatic carbocycles. The van der Waals surface area contributed by atoms with Crippen LogP contribution in [0.1, 0.15) is 39.2 Å². The summed E-state index contributed by atoms with van der Waals surface area (Å²) in [4.78, 5) is 0. The average molecular weight is 295 g/mol. The van der Waals surface area contributed by atoms with Crippen LogP contribution in [-0.2, 0) is 14.0 Å². The molecule has 2 saturated heterocycles. The van der Waals surface area contributed by atoms with Gasteiger partial charge in [0.1, 0.15) is 0 Å². The standard InChI is InChI=1S/C15H20BClO3/c1-14(2)15(3,4)20-16(19-14)12-5-10(6-13(17)7-12)11-8-18-9-11/h5-7,11H,8-9H2,1-4H3. The highest BCUT2D eigenvalue weighted by Crippen LogP contribution is 2.37. The minimum atomic E-state index is -0.363. The van der Waals surface area contributed by atoms with Gasteiger partial charge in [-0.25, -0.2) is 0 Å². The first kappa shape index (κ1) is 14.4. The van der Waals surface area contributed by atoms with E-state index in [9.17, 15) is 0 Å². The van der Waals surface area contributed by atoms with Crippen molar-refractivity contribution in [3.63, 3.8) is 0 Å². The molecule has 20 heavy (non-hydrogen) atoms. The van der Waals surface area contributed by atoms with E-state index in [0.29, 0.717) is 5.92 Å². The molecule has 2 aliphatic heterocycles. The average Bonchev–Trinajstić information content (AvgIpc) is 2.45. The molecule has 0 radical (unpaired) electrons. The summed E-state index contributed by atoms with van der Waals surface area (Å²) in [5, 5.41) is 0.721. The van der Waals surface area contributed by atoms with Crippen LogP contribution >= 0.6 is 11.6 Å². The molecule has 2 aliphatic rings. The Kier molecular flexibility index (Phi) is 3.41. The van der Waals surface area contributed by atoms with Gasteiger partial charge in [0, 0.05) is 10.9 Å². The van der Waals surface area contributed by atoms with E-state index in [0.717, 1.165) is 23.7 Å². The zero-order valence-electron chi connectivity index (χ0n) is 12.4. The van der Waals surface area contributed by atoms with E-state index in [1.165, 1.54) is 5.56 Å². The van der Waals surface area contributed by atoms with Crippen LogP contribution in [0.4, 0.5) is 0 Å². The molecule has 0 aromatic heterocycles. The van der Waals surface area contributed by atoms with E-state index >= 15 is 0 Å². The second-order valence-electron chi connectivity index (χ2n) is 6.64. The summed E-state index contributed by atoms with van der Waals surface area (Å²) in [6.07, 6.45) is 0. The summed E-state index contributed by atoms with van der Waals surface area (Å²) in [7, 11) is -0.363. The van der Waals surface area contributed by atoms with Gasteiger partial charge < -0.3 is 14.0 Å². The van der Waals surface area contributed by atoms with Crippen molar-refractivity contribution in [2.24, 2.45) is 0 Å². The van der Waals surface area contributed by atoms with Crippen molar-refractivity contribution in [2.45, 2.75) is 44.8 Å². The molecule has 0 spiro atoms. The third kappa shape index (κ3) is 2.39. The molecule has 2 fully saturated rings. The molecule has 0 N–H and O–H groups in total. The highest BCUT2D eigenvalue weighted by atomic mass is 35.5. The van der Waals surface area contributed by atoms with Gasteiger partial charge in [0.25, 0.3) is 0 Å². The maximum absolute atomic E-state index is 6.24. The Morgan fingerprint density at radius 1 is 1.05 bits per heavy atom. The zero-order valence-corrected chi connectivity index (χ0v) is 13.2. The molecular formula is C15H20BClO3. The maximum Gasteiger partial charge on any atom is 0.494 e. The first-order valence-electron chi connectivity index (χ1n) is 7.02. The van der Waals surface area contributed by atoms with Crippen LogP contribution in [0.25, 0.3) is 0 Å². The molecule has 3 nitrogen and oxygen atoms in total. The molecule has 0 saturated carbocycles. The number of ether oxygens (including phenoxy) is 1. The Labute approximate surface area is 125 Å². The smallest absolute Gasteiger partial charge is 0.399 e. The monoisotopic (exact) mass is 294 g/mol. The van der Waals surface area contributed by atoms with Crippen LogP contribution in [-0.4, -0.2) is 31.5 Å². The van der Waals surface area contributed by atoms with E-state index in [4.69, 9.17) is 25.6 Å². The lowest BCUT2D eigenvalue weighted by molar-refractivity contribution is 0.00578. The van der Waals surface area contributed by atoms with E-state index < -0.39 is 0 Å². The Balaban J connectivity index is 1.89. The lowest BCUT2D eigenvalue weighted by Gasteiger charge is -2.32. The van der Waals surface area contributed by atoms with Crippen molar-refractivity contribution < 1.29 is 14.0 Å². The van der Waals surface area contributed by atoms with Gasteiger partial charge in [-0.05, 0) is 50.9 Å². The molecule has 1 aromatic rings. The fraction of sp³-hybridized carbons (Fsp3) is 0.600. The van der Waals surface area contributed by atoms with Crippen LogP contribution in [0.15, 0.2) is 18.2 Å². The molecule has 0 bridgehead atoms. The van der Waals surface area contributed by atoms with Crippen molar-refractivity contribution in [2.75, 3.05) is 13.2 Å². The number of halogens is 1. The van der Waals surface area contributed by atoms with Crippen molar-refractivity contribution in [1.29, 1.82) is 0 Å². The highest BCUT2D eigenvalue weighted by molar-refractivity contribution is 6.62. The Bertz CT molecular complexity index is 510. The van der Waals surface area contributed by atoms with Gasteiger partial charge >= 0.3 is 7.12 Å². The van der Waals surface area contributed by atoms with Crippen LogP contribution in [0.3, 0.4) is 0 Å². The minimum absolute atomic E-state index is 0.334. The van der Waals surface area contributed by atoms with Gasteiger partial charge in [-0.3, -0.25) is 0 Å². The third-order valence-corrected chi connectivity index (χ3v) is 4.80. The maximum atomic E-state index is 6.24. The number of benzene rings is 1. The Hall–Kier alpha value is -0.545. The number of rotatable bonds is 2. The number of hydrogen-bond acceptors (Lipinski definition) is 3. The van der Waals surface area contributed by atoms with Gasteiger partial charge in [-0.1, -0.05) is 17.7 Å². The molecular weight excluding hydrogens is 274 g/mol. The SMILES string of the molecule is CC1(C)OB(c2cc(Cl)cc(C3COC3)c2)OC1(C)C. The molecule has 0 unspecified atom stereocenters. The van der Waals surface area contributed by atoms with Crippen molar-refractivity contribution >= 4 is 24.2 Å². The molecule has 5 heteroatoms.